The number of fused-ring (bicyclic) bond motifs is 2. The molecule has 2 aromatic rings. The van der Waals surface area contributed by atoms with Crippen LogP contribution in [0.3, 0.4) is 0 Å². The van der Waals surface area contributed by atoms with Crippen LogP contribution >= 0.6 is 0 Å². The number of aryl methyl sites for hydroxylation is 1. The molecule has 3 heterocycles. The number of hydrogen-bond acceptors (Lipinski definition) is 6. The Morgan fingerprint density at radius 2 is 2.11 bits per heavy atom. The Morgan fingerprint density at radius 1 is 1.32 bits per heavy atom. The molecule has 1 aromatic carbocycles. The van der Waals surface area contributed by atoms with Crippen LogP contribution in [-0.2, 0) is 26.8 Å². The van der Waals surface area contributed by atoms with Crippen LogP contribution in [0.15, 0.2) is 24.5 Å². The molecule has 3 N–H and O–H groups in total. The molecular weight excluding hydrogens is 364 g/mol. The van der Waals surface area contributed by atoms with Gasteiger partial charge in [0.25, 0.3) is 5.91 Å². The van der Waals surface area contributed by atoms with E-state index in [1.165, 1.54) is 10.9 Å². The maximum atomic E-state index is 12.5. The lowest BCUT2D eigenvalue weighted by atomic mass is 9.75. The van der Waals surface area contributed by atoms with Crippen molar-refractivity contribution in [3.63, 3.8) is 0 Å². The highest BCUT2D eigenvalue weighted by Crippen LogP contribution is 2.45. The highest BCUT2D eigenvalue weighted by atomic mass is 16.5. The lowest BCUT2D eigenvalue weighted by Gasteiger charge is -2.31. The lowest BCUT2D eigenvalue weighted by molar-refractivity contribution is -0.124. The number of anilines is 2. The van der Waals surface area contributed by atoms with Crippen molar-refractivity contribution >= 4 is 29.1 Å². The van der Waals surface area contributed by atoms with E-state index in [2.05, 4.69) is 26.1 Å². The summed E-state index contributed by atoms with van der Waals surface area (Å²) in [5.41, 5.74) is 1.64. The fraction of sp³-hybridized carbons (Fsp3) is 0.389. The summed E-state index contributed by atoms with van der Waals surface area (Å²) >= 11 is 0. The number of carbonyl (C=O) groups is 3. The van der Waals surface area contributed by atoms with Crippen molar-refractivity contribution in [2.75, 3.05) is 30.4 Å². The second kappa shape index (κ2) is 7.04. The molecule has 0 aliphatic carbocycles. The Hall–Kier alpha value is -3.27. The van der Waals surface area contributed by atoms with E-state index >= 15 is 0 Å². The van der Waals surface area contributed by atoms with E-state index in [9.17, 15) is 14.4 Å². The minimum atomic E-state index is -0.541. The van der Waals surface area contributed by atoms with Gasteiger partial charge in [-0.3, -0.25) is 14.4 Å². The summed E-state index contributed by atoms with van der Waals surface area (Å²) in [4.78, 5) is 36.7. The Labute approximate surface area is 160 Å². The Balaban J connectivity index is 1.40. The number of ether oxygens (including phenoxy) is 1. The summed E-state index contributed by atoms with van der Waals surface area (Å²) in [5, 5.41) is 15.4. The summed E-state index contributed by atoms with van der Waals surface area (Å²) in [6.07, 6.45) is 2.69. The smallest absolute Gasteiger partial charge is 0.289 e. The van der Waals surface area contributed by atoms with E-state index in [4.69, 9.17) is 4.74 Å². The third kappa shape index (κ3) is 3.11. The first-order chi connectivity index (χ1) is 13.5. The van der Waals surface area contributed by atoms with Gasteiger partial charge in [-0.25, -0.2) is 0 Å². The molecule has 0 atom stereocenters. The number of benzene rings is 1. The van der Waals surface area contributed by atoms with Crippen LogP contribution in [0.5, 0.6) is 0 Å². The van der Waals surface area contributed by atoms with Gasteiger partial charge in [0.15, 0.2) is 0 Å². The Morgan fingerprint density at radius 3 is 2.82 bits per heavy atom. The minimum Gasteiger partial charge on any atom is -0.381 e. The predicted molar refractivity (Wildman–Crippen MR) is 98.8 cm³/mol. The van der Waals surface area contributed by atoms with Gasteiger partial charge in [0.2, 0.25) is 17.6 Å². The van der Waals surface area contributed by atoms with Crippen LogP contribution in [0, 0.1) is 0 Å². The molecule has 0 bridgehead atoms. The molecule has 1 saturated heterocycles. The third-order valence-electron chi connectivity index (χ3n) is 5.17. The van der Waals surface area contributed by atoms with Gasteiger partial charge in [0.1, 0.15) is 6.33 Å². The first-order valence-electron chi connectivity index (χ1n) is 8.95. The summed E-state index contributed by atoms with van der Waals surface area (Å²) in [6, 6.07) is 5.37. The van der Waals surface area contributed by atoms with Crippen molar-refractivity contribution in [2.24, 2.45) is 7.05 Å². The van der Waals surface area contributed by atoms with Gasteiger partial charge in [0.05, 0.1) is 12.0 Å². The zero-order valence-electron chi connectivity index (χ0n) is 15.3. The first kappa shape index (κ1) is 18.1. The number of amides is 3. The van der Waals surface area contributed by atoms with E-state index < -0.39 is 11.3 Å². The minimum absolute atomic E-state index is 0.0229. The third-order valence-corrected chi connectivity index (χ3v) is 5.17. The fourth-order valence-corrected chi connectivity index (χ4v) is 3.66. The molecular formula is C18H20N6O4. The zero-order valence-corrected chi connectivity index (χ0v) is 15.3. The molecule has 2 aliphatic rings. The maximum Gasteiger partial charge on any atom is 0.289 e. The number of hydrogen-bond donors (Lipinski definition) is 3. The lowest BCUT2D eigenvalue weighted by Crippen LogP contribution is -2.39. The molecule has 0 saturated carbocycles. The summed E-state index contributed by atoms with van der Waals surface area (Å²) in [6.45, 7) is 0.892. The highest BCUT2D eigenvalue weighted by molar-refractivity contribution is 6.07. The molecule has 28 heavy (non-hydrogen) atoms. The van der Waals surface area contributed by atoms with E-state index in [1.807, 2.05) is 6.07 Å². The van der Waals surface area contributed by atoms with Gasteiger partial charge < -0.3 is 25.3 Å². The molecule has 3 amide bonds. The molecule has 2 aliphatic heterocycles. The maximum absolute atomic E-state index is 12.5. The van der Waals surface area contributed by atoms with E-state index in [0.29, 0.717) is 37.4 Å². The second-order valence-corrected chi connectivity index (χ2v) is 6.91. The SMILES string of the molecule is Cn1cnnc1C(=O)NCC(=O)Nc1ccc2c(c1)NC(=O)C21CCOCC1. The molecule has 0 unspecified atom stereocenters. The number of rotatable bonds is 4. The van der Waals surface area contributed by atoms with E-state index in [1.54, 1.807) is 19.2 Å². The quantitative estimate of drug-likeness (QED) is 0.690. The van der Waals surface area contributed by atoms with Gasteiger partial charge >= 0.3 is 0 Å². The molecule has 1 spiro atoms. The number of nitrogens with one attached hydrogen (secondary N) is 3. The molecule has 4 rings (SSSR count). The predicted octanol–water partition coefficient (Wildman–Crippen LogP) is 0.184. The van der Waals surface area contributed by atoms with Crippen molar-refractivity contribution in [2.45, 2.75) is 18.3 Å². The molecule has 1 aromatic heterocycles. The largest absolute Gasteiger partial charge is 0.381 e. The van der Waals surface area contributed by atoms with Crippen molar-refractivity contribution in [3.8, 4) is 0 Å². The van der Waals surface area contributed by atoms with Crippen LogP contribution in [0.2, 0.25) is 0 Å². The first-order valence-corrected chi connectivity index (χ1v) is 8.95. The average molecular weight is 384 g/mol. The van der Waals surface area contributed by atoms with Gasteiger partial charge in [0, 0.05) is 31.6 Å². The summed E-state index contributed by atoms with van der Waals surface area (Å²) < 4.78 is 6.86. The Bertz CT molecular complexity index is 947. The van der Waals surface area contributed by atoms with Gasteiger partial charge in [-0.1, -0.05) is 6.07 Å². The second-order valence-electron chi connectivity index (χ2n) is 6.91. The molecule has 10 heteroatoms. The fourth-order valence-electron chi connectivity index (χ4n) is 3.66. The van der Waals surface area contributed by atoms with Crippen LogP contribution < -0.4 is 16.0 Å². The molecule has 146 valence electrons. The van der Waals surface area contributed by atoms with Gasteiger partial charge in [-0.2, -0.15) is 0 Å². The normalized spacial score (nSPS) is 17.1. The highest BCUT2D eigenvalue weighted by Gasteiger charge is 2.47. The molecule has 10 nitrogen and oxygen atoms in total. The topological polar surface area (TPSA) is 127 Å². The van der Waals surface area contributed by atoms with Crippen LogP contribution in [0.25, 0.3) is 0 Å². The summed E-state index contributed by atoms with van der Waals surface area (Å²) in [5.74, 6) is -0.779. The van der Waals surface area contributed by atoms with Crippen LogP contribution in [-0.4, -0.2) is 52.2 Å². The zero-order chi connectivity index (χ0) is 19.7. The monoisotopic (exact) mass is 384 g/mol. The molecule has 0 radical (unpaired) electrons. The van der Waals surface area contributed by atoms with Crippen LogP contribution in [0.1, 0.15) is 29.0 Å². The van der Waals surface area contributed by atoms with Crippen molar-refractivity contribution < 1.29 is 19.1 Å². The Kier molecular flexibility index (Phi) is 4.55. The standard InChI is InChI=1S/C18H20N6O4/c1-24-10-20-23-15(24)16(26)19-9-14(25)21-11-2-3-12-13(8-11)22-17(27)18(12)4-6-28-7-5-18/h2-3,8,10H,4-7,9H2,1H3,(H,19,26)(H,21,25)(H,22,27). The number of carbonyl (C=O) groups excluding carboxylic acids is 3. The van der Waals surface area contributed by atoms with Crippen LogP contribution in [0.4, 0.5) is 11.4 Å². The summed E-state index contributed by atoms with van der Waals surface area (Å²) in [7, 11) is 1.64. The van der Waals surface area contributed by atoms with Crippen molar-refractivity contribution in [1.82, 2.24) is 20.1 Å². The van der Waals surface area contributed by atoms with Crippen molar-refractivity contribution in [3.05, 3.63) is 35.9 Å². The molecule has 1 fully saturated rings. The van der Waals surface area contributed by atoms with E-state index in [0.717, 1.165) is 5.56 Å². The number of aromatic nitrogens is 3. The van der Waals surface area contributed by atoms with Gasteiger partial charge in [-0.15, -0.1) is 10.2 Å². The van der Waals surface area contributed by atoms with Crippen molar-refractivity contribution in [1.29, 1.82) is 0 Å². The number of nitrogens with zero attached hydrogens (tertiary/aromatic N) is 3. The van der Waals surface area contributed by atoms with E-state index in [-0.39, 0.29) is 24.2 Å². The average Bonchev–Trinajstić information content (AvgIpc) is 3.22. The van der Waals surface area contributed by atoms with Gasteiger partial charge in [-0.05, 0) is 30.5 Å².